The molecule has 0 saturated heterocycles. The Balaban J connectivity index is 1.84. The molecule has 0 saturated carbocycles. The molecule has 84 valence electrons. The van der Waals surface area contributed by atoms with E-state index in [1.807, 2.05) is 6.26 Å². The summed E-state index contributed by atoms with van der Waals surface area (Å²) in [5, 5.41) is 3.58. The first kappa shape index (κ1) is 10.7. The van der Waals surface area contributed by atoms with Gasteiger partial charge in [0, 0.05) is 18.0 Å². The molecule has 3 nitrogen and oxygen atoms in total. The van der Waals surface area contributed by atoms with Crippen molar-refractivity contribution in [3.8, 4) is 0 Å². The Morgan fingerprint density at radius 2 is 2.40 bits per heavy atom. The van der Waals surface area contributed by atoms with Crippen molar-refractivity contribution >= 4 is 0 Å². The fraction of sp³-hybridized carbons (Fsp3) is 0.667. The average molecular weight is 208 g/mol. The highest BCUT2D eigenvalue weighted by Crippen LogP contribution is 2.30. The highest BCUT2D eigenvalue weighted by Gasteiger charge is 2.21. The quantitative estimate of drug-likeness (QED) is 0.727. The summed E-state index contributed by atoms with van der Waals surface area (Å²) >= 11 is 0. The molecule has 2 rings (SSSR count). The molecular weight excluding hydrogens is 188 g/mol. The molecular formula is C12H20N2O. The molecule has 0 radical (unpaired) electrons. The van der Waals surface area contributed by atoms with E-state index in [0.29, 0.717) is 6.04 Å². The summed E-state index contributed by atoms with van der Waals surface area (Å²) in [6.07, 6.45) is 7.65. The molecule has 0 fully saturated rings. The number of furan rings is 1. The second-order valence-electron chi connectivity index (χ2n) is 4.19. The smallest absolute Gasteiger partial charge is 0.108 e. The van der Waals surface area contributed by atoms with Crippen molar-refractivity contribution in [3.05, 3.63) is 23.7 Å². The van der Waals surface area contributed by atoms with Gasteiger partial charge in [-0.25, -0.2) is 0 Å². The number of aryl methyl sites for hydroxylation is 1. The maximum Gasteiger partial charge on any atom is 0.108 e. The number of hydrogen-bond acceptors (Lipinski definition) is 3. The SMILES string of the molecule is NCCCCNC1CCCc2occc21. The van der Waals surface area contributed by atoms with E-state index in [4.69, 9.17) is 10.2 Å². The lowest BCUT2D eigenvalue weighted by Crippen LogP contribution is -2.25. The third kappa shape index (κ3) is 2.61. The molecule has 15 heavy (non-hydrogen) atoms. The van der Waals surface area contributed by atoms with Crippen LogP contribution in [0, 0.1) is 0 Å². The summed E-state index contributed by atoms with van der Waals surface area (Å²) in [6.45, 7) is 1.86. The molecule has 1 heterocycles. The van der Waals surface area contributed by atoms with Crippen LogP contribution in [-0.4, -0.2) is 13.1 Å². The van der Waals surface area contributed by atoms with E-state index in [-0.39, 0.29) is 0 Å². The van der Waals surface area contributed by atoms with Gasteiger partial charge in [0.15, 0.2) is 0 Å². The van der Waals surface area contributed by atoms with Gasteiger partial charge in [-0.3, -0.25) is 0 Å². The van der Waals surface area contributed by atoms with E-state index in [9.17, 15) is 0 Å². The highest BCUT2D eigenvalue weighted by molar-refractivity contribution is 5.23. The second-order valence-corrected chi connectivity index (χ2v) is 4.19. The van der Waals surface area contributed by atoms with Gasteiger partial charge >= 0.3 is 0 Å². The van der Waals surface area contributed by atoms with E-state index in [1.54, 1.807) is 0 Å². The van der Waals surface area contributed by atoms with E-state index in [1.165, 1.54) is 30.6 Å². The van der Waals surface area contributed by atoms with Crippen LogP contribution in [0.1, 0.15) is 43.0 Å². The minimum absolute atomic E-state index is 0.505. The first-order valence-corrected chi connectivity index (χ1v) is 5.91. The maximum atomic E-state index is 5.46. The minimum atomic E-state index is 0.505. The summed E-state index contributed by atoms with van der Waals surface area (Å²) in [6, 6.07) is 2.61. The Hall–Kier alpha value is -0.800. The van der Waals surface area contributed by atoms with Gasteiger partial charge in [-0.05, 0) is 44.8 Å². The van der Waals surface area contributed by atoms with Gasteiger partial charge in [-0.2, -0.15) is 0 Å². The Labute approximate surface area is 91.0 Å². The van der Waals surface area contributed by atoms with E-state index in [0.717, 1.165) is 25.9 Å². The Morgan fingerprint density at radius 1 is 1.47 bits per heavy atom. The van der Waals surface area contributed by atoms with Gasteiger partial charge in [0.1, 0.15) is 5.76 Å². The Kier molecular flexibility index (Phi) is 3.80. The van der Waals surface area contributed by atoms with E-state index < -0.39 is 0 Å². The second kappa shape index (κ2) is 5.33. The highest BCUT2D eigenvalue weighted by atomic mass is 16.3. The zero-order valence-corrected chi connectivity index (χ0v) is 9.17. The van der Waals surface area contributed by atoms with Gasteiger partial charge in [-0.1, -0.05) is 0 Å². The first-order valence-electron chi connectivity index (χ1n) is 5.91. The molecule has 3 N–H and O–H groups in total. The first-order chi connectivity index (χ1) is 7.42. The van der Waals surface area contributed by atoms with Gasteiger partial charge in [0.05, 0.1) is 6.26 Å². The fourth-order valence-electron chi connectivity index (χ4n) is 2.24. The van der Waals surface area contributed by atoms with Crippen molar-refractivity contribution in [1.29, 1.82) is 0 Å². The summed E-state index contributed by atoms with van der Waals surface area (Å²) < 4.78 is 5.45. The lowest BCUT2D eigenvalue weighted by molar-refractivity contribution is 0.409. The number of unbranched alkanes of at least 4 members (excludes halogenated alkanes) is 1. The monoisotopic (exact) mass is 208 g/mol. The molecule has 0 spiro atoms. The standard InChI is InChI=1S/C12H20N2O/c13-7-1-2-8-14-11-4-3-5-12-10(11)6-9-15-12/h6,9,11,14H,1-5,7-8,13H2. The van der Waals surface area contributed by atoms with Gasteiger partial charge in [-0.15, -0.1) is 0 Å². The van der Waals surface area contributed by atoms with Crippen molar-refractivity contribution in [2.75, 3.05) is 13.1 Å². The predicted octanol–water partition coefficient (Wildman–Crippen LogP) is 1.99. The molecule has 0 aromatic carbocycles. The van der Waals surface area contributed by atoms with Crippen molar-refractivity contribution in [2.45, 2.75) is 38.1 Å². The number of nitrogens with two attached hydrogens (primary N) is 1. The van der Waals surface area contributed by atoms with Crippen LogP contribution in [0.25, 0.3) is 0 Å². The molecule has 0 aliphatic heterocycles. The number of hydrogen-bond donors (Lipinski definition) is 2. The fourth-order valence-corrected chi connectivity index (χ4v) is 2.24. The number of nitrogens with one attached hydrogen (secondary N) is 1. The van der Waals surface area contributed by atoms with Crippen molar-refractivity contribution < 1.29 is 4.42 Å². The van der Waals surface area contributed by atoms with Gasteiger partial charge < -0.3 is 15.5 Å². The third-order valence-electron chi connectivity index (χ3n) is 3.07. The molecule has 1 aliphatic carbocycles. The van der Waals surface area contributed by atoms with Gasteiger partial charge in [0.2, 0.25) is 0 Å². The lowest BCUT2D eigenvalue weighted by atomic mass is 9.93. The molecule has 3 heteroatoms. The summed E-state index contributed by atoms with van der Waals surface area (Å²) in [7, 11) is 0. The average Bonchev–Trinajstić information content (AvgIpc) is 2.73. The molecule has 0 amide bonds. The molecule has 1 aromatic rings. The molecule has 1 atom stereocenters. The normalized spacial score (nSPS) is 20.2. The maximum absolute atomic E-state index is 5.46. The Morgan fingerprint density at radius 3 is 3.27 bits per heavy atom. The Bertz CT molecular complexity index is 296. The zero-order chi connectivity index (χ0) is 10.5. The van der Waals surface area contributed by atoms with Crippen LogP contribution in [0.2, 0.25) is 0 Å². The molecule has 0 bridgehead atoms. The van der Waals surface area contributed by atoms with Crippen molar-refractivity contribution in [2.24, 2.45) is 5.73 Å². The van der Waals surface area contributed by atoms with E-state index in [2.05, 4.69) is 11.4 Å². The molecule has 1 unspecified atom stereocenters. The summed E-state index contributed by atoms with van der Waals surface area (Å²) in [4.78, 5) is 0. The number of fused-ring (bicyclic) bond motifs is 1. The lowest BCUT2D eigenvalue weighted by Gasteiger charge is -2.22. The third-order valence-corrected chi connectivity index (χ3v) is 3.07. The number of rotatable bonds is 5. The summed E-state index contributed by atoms with van der Waals surface area (Å²) in [5.41, 5.74) is 6.83. The topological polar surface area (TPSA) is 51.2 Å². The summed E-state index contributed by atoms with van der Waals surface area (Å²) in [5.74, 6) is 1.18. The van der Waals surface area contributed by atoms with Crippen LogP contribution in [0.5, 0.6) is 0 Å². The zero-order valence-electron chi connectivity index (χ0n) is 9.17. The largest absolute Gasteiger partial charge is 0.469 e. The van der Waals surface area contributed by atoms with Crippen LogP contribution in [0.3, 0.4) is 0 Å². The van der Waals surface area contributed by atoms with Crippen molar-refractivity contribution in [1.82, 2.24) is 5.32 Å². The van der Waals surface area contributed by atoms with E-state index >= 15 is 0 Å². The van der Waals surface area contributed by atoms with Crippen LogP contribution >= 0.6 is 0 Å². The molecule has 1 aliphatic rings. The predicted molar refractivity (Wildman–Crippen MR) is 60.7 cm³/mol. The van der Waals surface area contributed by atoms with Crippen molar-refractivity contribution in [3.63, 3.8) is 0 Å². The molecule has 1 aromatic heterocycles. The van der Waals surface area contributed by atoms with Crippen LogP contribution in [0.4, 0.5) is 0 Å². The van der Waals surface area contributed by atoms with Crippen LogP contribution in [-0.2, 0) is 6.42 Å². The minimum Gasteiger partial charge on any atom is -0.469 e. The van der Waals surface area contributed by atoms with Crippen LogP contribution < -0.4 is 11.1 Å². The van der Waals surface area contributed by atoms with Gasteiger partial charge in [0.25, 0.3) is 0 Å². The van der Waals surface area contributed by atoms with Crippen LogP contribution in [0.15, 0.2) is 16.7 Å².